The highest BCUT2D eigenvalue weighted by Crippen LogP contribution is 2.34. The molecule has 1 amide bonds. The number of carbonyl (C=O) groups excluding carboxylic acids is 1. The lowest BCUT2D eigenvalue weighted by atomic mass is 9.90. The zero-order valence-electron chi connectivity index (χ0n) is 15.3. The van der Waals surface area contributed by atoms with Crippen LogP contribution in [0.3, 0.4) is 0 Å². The highest BCUT2D eigenvalue weighted by molar-refractivity contribution is 5.95. The molecule has 0 bridgehead atoms. The van der Waals surface area contributed by atoms with Crippen molar-refractivity contribution in [2.45, 2.75) is 38.9 Å². The number of hydrogen-bond donors (Lipinski definition) is 1. The van der Waals surface area contributed by atoms with Crippen LogP contribution in [0.2, 0.25) is 0 Å². The zero-order valence-corrected chi connectivity index (χ0v) is 15.3. The van der Waals surface area contributed by atoms with E-state index in [0.29, 0.717) is 25.9 Å². The Hall–Kier alpha value is -2.35. The number of piperidine rings is 1. The topological polar surface area (TPSA) is 64.2 Å². The number of benzene rings is 1. The minimum Gasteiger partial charge on any atom is -0.339 e. The molecule has 1 fully saturated rings. The van der Waals surface area contributed by atoms with Crippen molar-refractivity contribution < 1.29 is 18.0 Å². The predicted octanol–water partition coefficient (Wildman–Crippen LogP) is 3.40. The van der Waals surface area contributed by atoms with E-state index in [1.165, 1.54) is 4.90 Å². The van der Waals surface area contributed by atoms with Gasteiger partial charge in [-0.25, -0.2) is 4.68 Å². The number of halogens is 3. The van der Waals surface area contributed by atoms with Gasteiger partial charge in [-0.15, -0.1) is 0 Å². The van der Waals surface area contributed by atoms with Gasteiger partial charge in [-0.2, -0.15) is 18.3 Å². The van der Waals surface area contributed by atoms with Crippen LogP contribution in [0.5, 0.6) is 0 Å². The summed E-state index contributed by atoms with van der Waals surface area (Å²) in [5, 5.41) is 3.87. The lowest BCUT2D eigenvalue weighted by molar-refractivity contribution is -0.143. The van der Waals surface area contributed by atoms with Gasteiger partial charge in [-0.05, 0) is 44.7 Å². The van der Waals surface area contributed by atoms with Gasteiger partial charge >= 0.3 is 6.18 Å². The molecule has 3 rings (SSSR count). The number of likely N-dealkylation sites (tertiary alicyclic amines) is 1. The first-order valence-corrected chi connectivity index (χ1v) is 8.95. The number of aryl methyl sites for hydroxylation is 1. The first kappa shape index (κ1) is 19.4. The molecule has 5 nitrogen and oxygen atoms in total. The highest BCUT2D eigenvalue weighted by Gasteiger charge is 2.41. The minimum atomic E-state index is -4.70. The average Bonchev–Trinajstić information content (AvgIpc) is 3.07. The summed E-state index contributed by atoms with van der Waals surface area (Å²) in [5.74, 6) is -0.352. The van der Waals surface area contributed by atoms with Crippen LogP contribution in [0.4, 0.5) is 13.2 Å². The molecule has 1 aromatic heterocycles. The van der Waals surface area contributed by atoms with Crippen LogP contribution in [0.15, 0.2) is 30.5 Å². The van der Waals surface area contributed by atoms with Crippen LogP contribution < -0.4 is 5.73 Å². The summed E-state index contributed by atoms with van der Waals surface area (Å²) in [4.78, 5) is 14.2. The Morgan fingerprint density at radius 3 is 2.33 bits per heavy atom. The van der Waals surface area contributed by atoms with Crippen LogP contribution in [0.25, 0.3) is 5.69 Å². The molecule has 0 spiro atoms. The second-order valence-corrected chi connectivity index (χ2v) is 7.14. The Morgan fingerprint density at radius 1 is 1.22 bits per heavy atom. The summed E-state index contributed by atoms with van der Waals surface area (Å²) in [6, 6.07) is 6.53. The van der Waals surface area contributed by atoms with Crippen molar-refractivity contribution >= 4 is 5.91 Å². The first-order chi connectivity index (χ1) is 12.7. The van der Waals surface area contributed by atoms with Crippen molar-refractivity contribution in [3.8, 4) is 5.69 Å². The van der Waals surface area contributed by atoms with Gasteiger partial charge in [0.15, 0.2) is 5.69 Å². The molecule has 0 aliphatic carbocycles. The van der Waals surface area contributed by atoms with E-state index in [0.717, 1.165) is 16.4 Å². The fraction of sp³-hybridized carbons (Fsp3) is 0.474. The molecule has 2 aromatic rings. The summed E-state index contributed by atoms with van der Waals surface area (Å²) in [5.41, 5.74) is 5.63. The molecule has 1 saturated heterocycles. The standard InChI is InChI=1S/C19H23F3N4O/c1-12-3-5-15(6-4-12)26-17(19(20,21)22)16(11-24-26)18(27)25-9-7-14(8-10-25)13(2)23/h3-6,11,13-14H,7-10,23H2,1-2H3. The van der Waals surface area contributed by atoms with E-state index in [4.69, 9.17) is 5.73 Å². The van der Waals surface area contributed by atoms with Crippen molar-refractivity contribution in [2.75, 3.05) is 13.1 Å². The molecule has 8 heteroatoms. The largest absolute Gasteiger partial charge is 0.434 e. The third-order valence-corrected chi connectivity index (χ3v) is 5.12. The molecular formula is C19H23F3N4O. The number of amides is 1. The van der Waals surface area contributed by atoms with Gasteiger partial charge in [0.1, 0.15) is 0 Å². The molecule has 0 saturated carbocycles. The number of aromatic nitrogens is 2. The lowest BCUT2D eigenvalue weighted by Gasteiger charge is -2.33. The molecule has 146 valence electrons. The van der Waals surface area contributed by atoms with Crippen LogP contribution in [-0.4, -0.2) is 39.7 Å². The zero-order chi connectivity index (χ0) is 19.8. The molecule has 27 heavy (non-hydrogen) atoms. The quantitative estimate of drug-likeness (QED) is 0.888. The highest BCUT2D eigenvalue weighted by atomic mass is 19.4. The van der Waals surface area contributed by atoms with E-state index in [2.05, 4.69) is 5.10 Å². The van der Waals surface area contributed by atoms with E-state index >= 15 is 0 Å². The van der Waals surface area contributed by atoms with Gasteiger partial charge in [-0.3, -0.25) is 4.79 Å². The number of carbonyl (C=O) groups is 1. The number of nitrogens with two attached hydrogens (primary N) is 1. The van der Waals surface area contributed by atoms with Crippen LogP contribution in [-0.2, 0) is 6.18 Å². The summed E-state index contributed by atoms with van der Waals surface area (Å²) in [6.07, 6.45) is -2.30. The van der Waals surface area contributed by atoms with Crippen molar-refractivity contribution in [3.63, 3.8) is 0 Å². The molecule has 0 radical (unpaired) electrons. The van der Waals surface area contributed by atoms with Crippen LogP contribution in [0.1, 0.15) is 41.4 Å². The number of nitrogens with zero attached hydrogens (tertiary/aromatic N) is 3. The van der Waals surface area contributed by atoms with E-state index in [9.17, 15) is 18.0 Å². The first-order valence-electron chi connectivity index (χ1n) is 8.95. The van der Waals surface area contributed by atoms with E-state index in [1.54, 1.807) is 24.3 Å². The lowest BCUT2D eigenvalue weighted by Crippen LogP contribution is -2.43. The molecular weight excluding hydrogens is 357 g/mol. The second-order valence-electron chi connectivity index (χ2n) is 7.14. The average molecular weight is 380 g/mol. The van der Waals surface area contributed by atoms with Gasteiger partial charge in [0.25, 0.3) is 5.91 Å². The molecule has 1 aromatic carbocycles. The van der Waals surface area contributed by atoms with Gasteiger partial charge in [0.05, 0.1) is 17.4 Å². The fourth-order valence-electron chi connectivity index (χ4n) is 3.46. The van der Waals surface area contributed by atoms with E-state index in [-0.39, 0.29) is 17.6 Å². The summed E-state index contributed by atoms with van der Waals surface area (Å²) in [6.45, 7) is 4.56. The van der Waals surface area contributed by atoms with Gasteiger partial charge in [0.2, 0.25) is 0 Å². The minimum absolute atomic E-state index is 0.0114. The molecule has 2 heterocycles. The maximum Gasteiger partial charge on any atom is 0.434 e. The Labute approximate surface area is 155 Å². The maximum absolute atomic E-state index is 13.8. The van der Waals surface area contributed by atoms with E-state index < -0.39 is 23.3 Å². The number of alkyl halides is 3. The fourth-order valence-corrected chi connectivity index (χ4v) is 3.46. The molecule has 1 aliphatic rings. The third-order valence-electron chi connectivity index (χ3n) is 5.12. The van der Waals surface area contributed by atoms with Crippen molar-refractivity contribution in [1.29, 1.82) is 0 Å². The Balaban J connectivity index is 1.92. The van der Waals surface area contributed by atoms with Crippen LogP contribution >= 0.6 is 0 Å². The smallest absolute Gasteiger partial charge is 0.339 e. The predicted molar refractivity (Wildman–Crippen MR) is 95.6 cm³/mol. The number of rotatable bonds is 3. The Morgan fingerprint density at radius 2 is 1.81 bits per heavy atom. The number of hydrogen-bond acceptors (Lipinski definition) is 3. The third kappa shape index (κ3) is 4.00. The van der Waals surface area contributed by atoms with E-state index in [1.807, 2.05) is 13.8 Å². The van der Waals surface area contributed by atoms with Crippen molar-refractivity contribution in [1.82, 2.24) is 14.7 Å². The van der Waals surface area contributed by atoms with Crippen molar-refractivity contribution in [2.24, 2.45) is 11.7 Å². The summed E-state index contributed by atoms with van der Waals surface area (Å²) >= 11 is 0. The van der Waals surface area contributed by atoms with Crippen LogP contribution in [0, 0.1) is 12.8 Å². The second kappa shape index (κ2) is 7.34. The maximum atomic E-state index is 13.8. The molecule has 2 N–H and O–H groups in total. The molecule has 1 atom stereocenters. The van der Waals surface area contributed by atoms with Crippen molar-refractivity contribution in [3.05, 3.63) is 47.3 Å². The van der Waals surface area contributed by atoms with Gasteiger partial charge in [-0.1, -0.05) is 17.7 Å². The SMILES string of the molecule is Cc1ccc(-n2ncc(C(=O)N3CCC(C(C)N)CC3)c2C(F)(F)F)cc1. The Kier molecular flexibility index (Phi) is 5.28. The molecule has 1 aliphatic heterocycles. The Bertz CT molecular complexity index is 803. The normalized spacial score (nSPS) is 17.2. The summed E-state index contributed by atoms with van der Waals surface area (Å²) < 4.78 is 42.1. The molecule has 1 unspecified atom stereocenters. The van der Waals surface area contributed by atoms with Gasteiger partial charge in [0, 0.05) is 19.1 Å². The monoisotopic (exact) mass is 380 g/mol. The summed E-state index contributed by atoms with van der Waals surface area (Å²) in [7, 11) is 0. The van der Waals surface area contributed by atoms with Gasteiger partial charge < -0.3 is 10.6 Å².